The number of ether oxygens (including phenoxy) is 2. The first kappa shape index (κ1) is 30.9. The molecule has 234 valence electrons. The van der Waals surface area contributed by atoms with Crippen molar-refractivity contribution in [3.8, 4) is 11.1 Å². The molecule has 7 nitrogen and oxygen atoms in total. The van der Waals surface area contributed by atoms with Gasteiger partial charge in [-0.2, -0.15) is 0 Å². The number of nitrogens with one attached hydrogen (secondary N) is 1. The predicted molar refractivity (Wildman–Crippen MR) is 173 cm³/mol. The van der Waals surface area contributed by atoms with Crippen LogP contribution in [0.5, 0.6) is 0 Å². The van der Waals surface area contributed by atoms with E-state index in [-0.39, 0.29) is 30.6 Å². The molecule has 0 aromatic heterocycles. The van der Waals surface area contributed by atoms with Gasteiger partial charge in [0, 0.05) is 44.1 Å². The van der Waals surface area contributed by atoms with Crippen LogP contribution in [0.1, 0.15) is 74.2 Å². The van der Waals surface area contributed by atoms with Gasteiger partial charge in [0.05, 0.1) is 18.8 Å². The molecule has 0 saturated carbocycles. The van der Waals surface area contributed by atoms with Crippen LogP contribution in [0.4, 0.5) is 0 Å². The highest BCUT2D eigenvalue weighted by Gasteiger charge is 2.41. The smallest absolute Gasteiger partial charge is 0.217 e. The molecule has 3 aliphatic heterocycles. The van der Waals surface area contributed by atoms with Crippen LogP contribution in [0.3, 0.4) is 0 Å². The zero-order valence-electron chi connectivity index (χ0n) is 26.2. The van der Waals surface area contributed by atoms with Crippen LogP contribution >= 0.6 is 0 Å². The summed E-state index contributed by atoms with van der Waals surface area (Å²) in [4.78, 5) is 16.8. The minimum absolute atomic E-state index is 0.0140. The summed E-state index contributed by atoms with van der Waals surface area (Å²) in [5, 5.41) is 12.5. The molecule has 3 saturated heterocycles. The normalized spacial score (nSPS) is 26.2. The summed E-state index contributed by atoms with van der Waals surface area (Å²) in [7, 11) is 0. The summed E-state index contributed by atoms with van der Waals surface area (Å²) in [6.45, 7) is 9.98. The number of likely N-dealkylation sites (tertiary alicyclic amines) is 2. The lowest BCUT2D eigenvalue weighted by Crippen LogP contribution is -2.48. The monoisotopic (exact) mass is 597 g/mol. The Morgan fingerprint density at radius 2 is 1.61 bits per heavy atom. The topological polar surface area (TPSA) is 74.3 Å². The average Bonchev–Trinajstić information content (AvgIpc) is 3.74. The van der Waals surface area contributed by atoms with E-state index in [1.165, 1.54) is 45.7 Å². The molecule has 3 fully saturated rings. The number of nitrogens with zero attached hydrogens (tertiary/aromatic N) is 2. The molecule has 0 bridgehead atoms. The molecule has 44 heavy (non-hydrogen) atoms. The van der Waals surface area contributed by atoms with E-state index in [9.17, 15) is 9.90 Å². The number of aliphatic hydroxyl groups excluding tert-OH is 1. The first-order valence-corrected chi connectivity index (χ1v) is 16.4. The van der Waals surface area contributed by atoms with Gasteiger partial charge in [-0.25, -0.2) is 0 Å². The minimum atomic E-state index is -0.499. The summed E-state index contributed by atoms with van der Waals surface area (Å²) < 4.78 is 13.7. The fraction of sp³-hybridized carbons (Fsp3) is 0.486. The lowest BCUT2D eigenvalue weighted by molar-refractivity contribution is -0.276. The molecule has 0 spiro atoms. The van der Waals surface area contributed by atoms with Gasteiger partial charge in [0.2, 0.25) is 5.91 Å². The molecule has 5 atom stereocenters. The Hall–Kier alpha value is -3.07. The van der Waals surface area contributed by atoms with Crippen molar-refractivity contribution in [1.82, 2.24) is 15.1 Å². The Morgan fingerprint density at radius 3 is 2.36 bits per heavy atom. The quantitative estimate of drug-likeness (QED) is 0.306. The second-order valence-corrected chi connectivity index (χ2v) is 12.9. The molecule has 1 amide bonds. The molecule has 0 radical (unpaired) electrons. The number of rotatable bonds is 10. The SMILES string of the molecule is CC(=O)NCc1cccc(-c2cccc([C@H]3O[C@@H](CN4CCC[C@H]4CN4CCCC4)[C@@H](C)[C@@H](c4ccc(CO)cc4)O3)c2)c1. The molecule has 3 aromatic rings. The number of carbonyl (C=O) groups is 1. The fourth-order valence-electron chi connectivity index (χ4n) is 7.12. The van der Waals surface area contributed by atoms with Gasteiger partial charge in [0.1, 0.15) is 0 Å². The summed E-state index contributed by atoms with van der Waals surface area (Å²) in [5.41, 5.74) is 6.25. The Labute approximate surface area is 262 Å². The highest BCUT2D eigenvalue weighted by atomic mass is 16.7. The van der Waals surface area contributed by atoms with Crippen molar-refractivity contribution in [3.05, 3.63) is 95.1 Å². The van der Waals surface area contributed by atoms with Crippen molar-refractivity contribution in [2.24, 2.45) is 5.92 Å². The van der Waals surface area contributed by atoms with E-state index in [0.29, 0.717) is 12.6 Å². The zero-order valence-corrected chi connectivity index (χ0v) is 26.2. The Balaban J connectivity index is 1.25. The molecular weight excluding hydrogens is 550 g/mol. The third-order valence-electron chi connectivity index (χ3n) is 9.67. The highest BCUT2D eigenvalue weighted by molar-refractivity contribution is 5.73. The van der Waals surface area contributed by atoms with Gasteiger partial charge in [0.25, 0.3) is 0 Å². The maximum absolute atomic E-state index is 11.5. The third-order valence-corrected chi connectivity index (χ3v) is 9.67. The van der Waals surface area contributed by atoms with Crippen molar-refractivity contribution in [2.45, 2.75) is 77.2 Å². The third kappa shape index (κ3) is 7.41. The Morgan fingerprint density at radius 1 is 0.864 bits per heavy atom. The zero-order chi connectivity index (χ0) is 30.5. The van der Waals surface area contributed by atoms with Gasteiger partial charge in [0.15, 0.2) is 6.29 Å². The number of hydrogen-bond donors (Lipinski definition) is 2. The van der Waals surface area contributed by atoms with Crippen molar-refractivity contribution >= 4 is 5.91 Å². The van der Waals surface area contributed by atoms with E-state index in [0.717, 1.165) is 53.0 Å². The summed E-state index contributed by atoms with van der Waals surface area (Å²) in [6.07, 6.45) is 4.53. The van der Waals surface area contributed by atoms with Crippen LogP contribution in [0.25, 0.3) is 11.1 Å². The van der Waals surface area contributed by atoms with Gasteiger partial charge < -0.3 is 24.8 Å². The Kier molecular flexibility index (Phi) is 10.1. The van der Waals surface area contributed by atoms with Gasteiger partial charge in [-0.1, -0.05) is 67.6 Å². The number of hydrogen-bond acceptors (Lipinski definition) is 6. The van der Waals surface area contributed by atoms with E-state index in [2.05, 4.69) is 70.6 Å². The lowest BCUT2D eigenvalue weighted by Gasteiger charge is -2.43. The van der Waals surface area contributed by atoms with Crippen LogP contribution < -0.4 is 5.32 Å². The van der Waals surface area contributed by atoms with Crippen molar-refractivity contribution in [3.63, 3.8) is 0 Å². The molecule has 7 heteroatoms. The van der Waals surface area contributed by atoms with E-state index in [1.807, 2.05) is 24.3 Å². The average molecular weight is 598 g/mol. The molecule has 6 rings (SSSR count). The molecule has 3 heterocycles. The number of amides is 1. The van der Waals surface area contributed by atoms with Crippen LogP contribution in [-0.2, 0) is 27.4 Å². The second kappa shape index (κ2) is 14.4. The van der Waals surface area contributed by atoms with Crippen LogP contribution in [-0.4, -0.2) is 65.7 Å². The first-order valence-electron chi connectivity index (χ1n) is 16.4. The van der Waals surface area contributed by atoms with Crippen LogP contribution in [0.2, 0.25) is 0 Å². The van der Waals surface area contributed by atoms with E-state index < -0.39 is 6.29 Å². The largest absolute Gasteiger partial charge is 0.392 e. The standard InChI is InChI=1S/C37H47N3O4/c1-26-35(24-40-19-7-12-34(40)23-39-17-3-4-18-39)43-37(44-36(26)30-15-13-28(25-41)14-16-30)33-11-6-10-32(21-33)31-9-5-8-29(20-31)22-38-27(2)42/h5-6,8-11,13-16,20-21,26,34-37,41H,3-4,7,12,17-19,22-25H2,1-2H3,(H,38,42)/t26-,34+,35+,36+,37+/m1/s1. The predicted octanol–water partition coefficient (Wildman–Crippen LogP) is 5.83. The van der Waals surface area contributed by atoms with Crippen molar-refractivity contribution in [1.29, 1.82) is 0 Å². The minimum Gasteiger partial charge on any atom is -0.392 e. The lowest BCUT2D eigenvalue weighted by atomic mass is 9.89. The maximum atomic E-state index is 11.5. The van der Waals surface area contributed by atoms with E-state index in [1.54, 1.807) is 0 Å². The molecule has 3 aromatic carbocycles. The van der Waals surface area contributed by atoms with Crippen LogP contribution in [0.15, 0.2) is 72.8 Å². The number of carbonyl (C=O) groups excluding carboxylic acids is 1. The summed E-state index contributed by atoms with van der Waals surface area (Å²) >= 11 is 0. The van der Waals surface area contributed by atoms with Gasteiger partial charge in [-0.05, 0) is 85.3 Å². The van der Waals surface area contributed by atoms with Crippen molar-refractivity contribution < 1.29 is 19.4 Å². The summed E-state index contributed by atoms with van der Waals surface area (Å²) in [5.74, 6) is 0.123. The van der Waals surface area contributed by atoms with E-state index in [4.69, 9.17) is 9.47 Å². The number of aliphatic hydroxyl groups is 1. The van der Waals surface area contributed by atoms with Crippen molar-refractivity contribution in [2.75, 3.05) is 32.7 Å². The first-order chi connectivity index (χ1) is 21.5. The maximum Gasteiger partial charge on any atom is 0.217 e. The Bertz CT molecular complexity index is 1390. The van der Waals surface area contributed by atoms with E-state index >= 15 is 0 Å². The van der Waals surface area contributed by atoms with Crippen LogP contribution in [0, 0.1) is 5.92 Å². The number of benzene rings is 3. The van der Waals surface area contributed by atoms with Gasteiger partial charge >= 0.3 is 0 Å². The van der Waals surface area contributed by atoms with Gasteiger partial charge in [-0.15, -0.1) is 0 Å². The molecule has 2 N–H and O–H groups in total. The summed E-state index contributed by atoms with van der Waals surface area (Å²) in [6, 6.07) is 25.5. The second-order valence-electron chi connectivity index (χ2n) is 12.9. The molecule has 3 aliphatic rings. The molecule has 0 aliphatic carbocycles. The highest BCUT2D eigenvalue weighted by Crippen LogP contribution is 2.43. The fourth-order valence-corrected chi connectivity index (χ4v) is 7.12. The van der Waals surface area contributed by atoms with Gasteiger partial charge in [-0.3, -0.25) is 9.69 Å². The molecular formula is C37H47N3O4. The molecule has 0 unspecified atom stereocenters.